The van der Waals surface area contributed by atoms with E-state index in [1.54, 1.807) is 12.0 Å². The smallest absolute Gasteiger partial charge is 0.238 e. The molecule has 7 heteroatoms. The molecular formula is C24H30N4O3. The van der Waals surface area contributed by atoms with E-state index < -0.39 is 0 Å². The maximum atomic E-state index is 12.8. The molecule has 2 aromatic carbocycles. The van der Waals surface area contributed by atoms with Crippen LogP contribution in [0.2, 0.25) is 0 Å². The van der Waals surface area contributed by atoms with Gasteiger partial charge in [0, 0.05) is 44.8 Å². The van der Waals surface area contributed by atoms with Gasteiger partial charge in [-0.1, -0.05) is 12.1 Å². The maximum Gasteiger partial charge on any atom is 0.238 e. The monoisotopic (exact) mass is 422 g/mol. The molecule has 0 radical (unpaired) electrons. The number of carbonyl (C=O) groups excluding carboxylic acids is 2. The summed E-state index contributed by atoms with van der Waals surface area (Å²) in [5.74, 6) is 0.928. The zero-order valence-electron chi connectivity index (χ0n) is 18.0. The van der Waals surface area contributed by atoms with Crippen LogP contribution >= 0.6 is 0 Å². The van der Waals surface area contributed by atoms with Gasteiger partial charge in [0.25, 0.3) is 0 Å². The quantitative estimate of drug-likeness (QED) is 0.775. The minimum Gasteiger partial charge on any atom is -0.497 e. The molecule has 2 heterocycles. The Kier molecular flexibility index (Phi) is 6.72. The first-order valence-electron chi connectivity index (χ1n) is 10.9. The number of amides is 2. The summed E-state index contributed by atoms with van der Waals surface area (Å²) in [6.45, 7) is 4.60. The number of methoxy groups -OCH3 is 1. The van der Waals surface area contributed by atoms with Gasteiger partial charge in [0.15, 0.2) is 0 Å². The molecular weight excluding hydrogens is 392 g/mol. The number of nitrogens with one attached hydrogen (secondary N) is 1. The van der Waals surface area contributed by atoms with Crippen molar-refractivity contribution in [2.45, 2.75) is 19.3 Å². The second-order valence-electron chi connectivity index (χ2n) is 8.03. The Hall–Kier alpha value is -3.06. The molecule has 2 fully saturated rings. The van der Waals surface area contributed by atoms with Crippen LogP contribution in [0.5, 0.6) is 5.75 Å². The largest absolute Gasteiger partial charge is 0.497 e. The second kappa shape index (κ2) is 9.83. The second-order valence-corrected chi connectivity index (χ2v) is 8.03. The normalized spacial score (nSPS) is 17.5. The van der Waals surface area contributed by atoms with Crippen molar-refractivity contribution in [3.05, 3.63) is 48.5 Å². The Morgan fingerprint density at radius 1 is 0.968 bits per heavy atom. The van der Waals surface area contributed by atoms with Crippen LogP contribution in [0.25, 0.3) is 0 Å². The highest BCUT2D eigenvalue weighted by molar-refractivity contribution is 6.02. The van der Waals surface area contributed by atoms with E-state index in [1.165, 1.54) is 5.69 Å². The molecule has 0 aliphatic carbocycles. The van der Waals surface area contributed by atoms with Gasteiger partial charge in [-0.3, -0.25) is 14.5 Å². The highest BCUT2D eigenvalue weighted by atomic mass is 16.5. The minimum atomic E-state index is -0.0445. The molecule has 2 aliphatic heterocycles. The van der Waals surface area contributed by atoms with Crippen LogP contribution < -0.4 is 19.9 Å². The SMILES string of the molecule is COc1ccc(N2CCCN(CC(=O)Nc3ccccc3N3CCCC3=O)CC2)cc1. The summed E-state index contributed by atoms with van der Waals surface area (Å²) in [4.78, 5) is 31.2. The lowest BCUT2D eigenvalue weighted by Crippen LogP contribution is -2.36. The highest BCUT2D eigenvalue weighted by Gasteiger charge is 2.24. The molecule has 164 valence electrons. The van der Waals surface area contributed by atoms with Crippen LogP contribution in [0.3, 0.4) is 0 Å². The molecule has 0 unspecified atom stereocenters. The summed E-state index contributed by atoms with van der Waals surface area (Å²) in [5, 5.41) is 3.03. The summed E-state index contributed by atoms with van der Waals surface area (Å²) >= 11 is 0. The summed E-state index contributed by atoms with van der Waals surface area (Å²) in [6.07, 6.45) is 2.43. The van der Waals surface area contributed by atoms with E-state index in [1.807, 2.05) is 36.4 Å². The lowest BCUT2D eigenvalue weighted by atomic mass is 10.2. The summed E-state index contributed by atoms with van der Waals surface area (Å²) in [5.41, 5.74) is 2.67. The Bertz CT molecular complexity index is 915. The molecule has 31 heavy (non-hydrogen) atoms. The maximum absolute atomic E-state index is 12.8. The standard InChI is InChI=1S/C24H30N4O3/c1-31-20-11-9-19(10-12-20)27-14-5-13-26(16-17-27)18-23(29)25-21-6-2-3-7-22(21)28-15-4-8-24(28)30/h2-3,6-7,9-12H,4-5,8,13-18H2,1H3,(H,25,29). The van der Waals surface area contributed by atoms with E-state index in [-0.39, 0.29) is 11.8 Å². The van der Waals surface area contributed by atoms with Crippen molar-refractivity contribution >= 4 is 28.9 Å². The number of carbonyl (C=O) groups is 2. The number of para-hydroxylation sites is 2. The van der Waals surface area contributed by atoms with Gasteiger partial charge < -0.3 is 19.9 Å². The predicted molar refractivity (Wildman–Crippen MR) is 123 cm³/mol. The lowest BCUT2D eigenvalue weighted by molar-refractivity contribution is -0.118. The van der Waals surface area contributed by atoms with Crippen LogP contribution in [-0.2, 0) is 9.59 Å². The summed E-state index contributed by atoms with van der Waals surface area (Å²) < 4.78 is 5.24. The van der Waals surface area contributed by atoms with Crippen LogP contribution in [0.15, 0.2) is 48.5 Å². The van der Waals surface area contributed by atoms with E-state index in [4.69, 9.17) is 4.74 Å². The molecule has 7 nitrogen and oxygen atoms in total. The van der Waals surface area contributed by atoms with Crippen molar-refractivity contribution in [2.24, 2.45) is 0 Å². The molecule has 0 atom stereocenters. The van der Waals surface area contributed by atoms with Crippen molar-refractivity contribution in [3.8, 4) is 5.75 Å². The zero-order valence-corrected chi connectivity index (χ0v) is 18.0. The first kappa shape index (κ1) is 21.2. The summed E-state index contributed by atoms with van der Waals surface area (Å²) in [7, 11) is 1.67. The number of hydrogen-bond donors (Lipinski definition) is 1. The van der Waals surface area contributed by atoms with Gasteiger partial charge in [0.1, 0.15) is 5.75 Å². The van der Waals surface area contributed by atoms with Crippen LogP contribution in [0.1, 0.15) is 19.3 Å². The average Bonchev–Trinajstić information content (AvgIpc) is 3.08. The number of ether oxygens (including phenoxy) is 1. The van der Waals surface area contributed by atoms with Gasteiger partial charge in [-0.2, -0.15) is 0 Å². The third-order valence-corrected chi connectivity index (χ3v) is 5.94. The van der Waals surface area contributed by atoms with Crippen molar-refractivity contribution in [1.82, 2.24) is 4.90 Å². The van der Waals surface area contributed by atoms with Gasteiger partial charge in [0.2, 0.25) is 11.8 Å². The van der Waals surface area contributed by atoms with Gasteiger partial charge in [-0.25, -0.2) is 0 Å². The van der Waals surface area contributed by atoms with E-state index in [0.717, 1.165) is 50.5 Å². The molecule has 0 saturated carbocycles. The van der Waals surface area contributed by atoms with Crippen LogP contribution in [0, 0.1) is 0 Å². The van der Waals surface area contributed by atoms with Gasteiger partial charge in [-0.15, -0.1) is 0 Å². The molecule has 0 aromatic heterocycles. The highest BCUT2D eigenvalue weighted by Crippen LogP contribution is 2.29. The minimum absolute atomic E-state index is 0.0445. The number of anilines is 3. The molecule has 0 bridgehead atoms. The first-order chi connectivity index (χ1) is 15.1. The van der Waals surface area contributed by atoms with Crippen LogP contribution in [-0.4, -0.2) is 63.1 Å². The fourth-order valence-corrected chi connectivity index (χ4v) is 4.29. The topological polar surface area (TPSA) is 65.1 Å². The summed E-state index contributed by atoms with van der Waals surface area (Å²) in [6, 6.07) is 15.7. The predicted octanol–water partition coefficient (Wildman–Crippen LogP) is 2.97. The number of benzene rings is 2. The number of nitrogens with zero attached hydrogens (tertiary/aromatic N) is 3. The fourth-order valence-electron chi connectivity index (χ4n) is 4.29. The van der Waals surface area contributed by atoms with E-state index in [2.05, 4.69) is 27.2 Å². The molecule has 2 aliphatic rings. The van der Waals surface area contributed by atoms with E-state index in [9.17, 15) is 9.59 Å². The molecule has 2 aromatic rings. The Morgan fingerprint density at radius 3 is 2.52 bits per heavy atom. The van der Waals surface area contributed by atoms with Crippen LogP contribution in [0.4, 0.5) is 17.1 Å². The average molecular weight is 423 g/mol. The molecule has 2 amide bonds. The third-order valence-electron chi connectivity index (χ3n) is 5.94. The van der Waals surface area contributed by atoms with Crippen molar-refractivity contribution < 1.29 is 14.3 Å². The molecule has 2 saturated heterocycles. The van der Waals surface area contributed by atoms with Gasteiger partial charge >= 0.3 is 0 Å². The lowest BCUT2D eigenvalue weighted by Gasteiger charge is -2.24. The van der Waals surface area contributed by atoms with E-state index >= 15 is 0 Å². The number of rotatable bonds is 6. The molecule has 1 N–H and O–H groups in total. The molecule has 4 rings (SSSR count). The van der Waals surface area contributed by atoms with Crippen molar-refractivity contribution in [2.75, 3.05) is 61.5 Å². The van der Waals surface area contributed by atoms with E-state index in [0.29, 0.717) is 25.2 Å². The van der Waals surface area contributed by atoms with Crippen molar-refractivity contribution in [3.63, 3.8) is 0 Å². The number of hydrogen-bond acceptors (Lipinski definition) is 5. The Balaban J connectivity index is 1.34. The molecule has 0 spiro atoms. The van der Waals surface area contributed by atoms with Gasteiger partial charge in [0.05, 0.1) is 25.0 Å². The first-order valence-corrected chi connectivity index (χ1v) is 10.9. The zero-order chi connectivity index (χ0) is 21.6. The Morgan fingerprint density at radius 2 is 1.77 bits per heavy atom. The Labute approximate surface area is 183 Å². The van der Waals surface area contributed by atoms with Gasteiger partial charge in [-0.05, 0) is 49.2 Å². The third kappa shape index (κ3) is 5.17. The fraction of sp³-hybridized carbons (Fsp3) is 0.417. The van der Waals surface area contributed by atoms with Crippen molar-refractivity contribution in [1.29, 1.82) is 0 Å².